The van der Waals surface area contributed by atoms with Gasteiger partial charge in [-0.25, -0.2) is 8.78 Å². The van der Waals surface area contributed by atoms with Gasteiger partial charge in [0.25, 0.3) is 0 Å². The number of rotatable bonds is 5. The van der Waals surface area contributed by atoms with Crippen LogP contribution in [0, 0.1) is 11.6 Å². The lowest BCUT2D eigenvalue weighted by Gasteiger charge is -2.08. The van der Waals surface area contributed by atoms with Crippen LogP contribution in [0.3, 0.4) is 0 Å². The first-order valence-corrected chi connectivity index (χ1v) is 5.20. The van der Waals surface area contributed by atoms with Crippen LogP contribution in [0.4, 0.5) is 8.78 Å². The van der Waals surface area contributed by atoms with Crippen molar-refractivity contribution in [3.8, 4) is 0 Å². The summed E-state index contributed by atoms with van der Waals surface area (Å²) in [4.78, 5) is 11.4. The molecule has 0 radical (unpaired) electrons. The van der Waals surface area contributed by atoms with Gasteiger partial charge in [-0.2, -0.15) is 0 Å². The van der Waals surface area contributed by atoms with Crippen LogP contribution < -0.4 is 0 Å². The van der Waals surface area contributed by atoms with E-state index in [0.29, 0.717) is 12.8 Å². The Morgan fingerprint density at radius 3 is 2.75 bits per heavy atom. The molecule has 0 saturated heterocycles. The first kappa shape index (κ1) is 12.8. The molecule has 0 amide bonds. The largest absolute Gasteiger partial charge is 0.385 e. The highest BCUT2D eigenvalue weighted by Gasteiger charge is 2.17. The molecule has 2 nitrogen and oxygen atoms in total. The van der Waals surface area contributed by atoms with Crippen LogP contribution in [0.5, 0.6) is 0 Å². The van der Waals surface area contributed by atoms with Crippen LogP contribution in [0.2, 0.25) is 0 Å². The topological polar surface area (TPSA) is 37.3 Å². The number of halogens is 2. The van der Waals surface area contributed by atoms with Crippen molar-refractivity contribution >= 4 is 5.78 Å². The zero-order valence-corrected chi connectivity index (χ0v) is 9.04. The van der Waals surface area contributed by atoms with Crippen molar-refractivity contribution in [2.45, 2.75) is 32.3 Å². The van der Waals surface area contributed by atoms with E-state index in [0.717, 1.165) is 6.07 Å². The van der Waals surface area contributed by atoms with Crippen LogP contribution in [0.25, 0.3) is 0 Å². The summed E-state index contributed by atoms with van der Waals surface area (Å²) in [7, 11) is 0. The molecule has 1 unspecified atom stereocenters. The maximum Gasteiger partial charge on any atom is 0.165 e. The van der Waals surface area contributed by atoms with Gasteiger partial charge < -0.3 is 5.11 Å². The van der Waals surface area contributed by atoms with Crippen molar-refractivity contribution in [3.05, 3.63) is 35.4 Å². The minimum atomic E-state index is -1.09. The maximum absolute atomic E-state index is 13.2. The highest BCUT2D eigenvalue weighted by atomic mass is 19.2. The van der Waals surface area contributed by atoms with Crippen molar-refractivity contribution in [2.24, 2.45) is 0 Å². The van der Waals surface area contributed by atoms with Gasteiger partial charge in [-0.05, 0) is 18.1 Å². The van der Waals surface area contributed by atoms with Crippen molar-refractivity contribution in [3.63, 3.8) is 0 Å². The number of aliphatic hydroxyl groups excluding tert-OH is 1. The minimum absolute atomic E-state index is 0.0137. The van der Waals surface area contributed by atoms with Gasteiger partial charge in [-0.3, -0.25) is 4.79 Å². The van der Waals surface area contributed by atoms with Crippen LogP contribution >= 0.6 is 0 Å². The molecule has 0 aliphatic carbocycles. The summed E-state index contributed by atoms with van der Waals surface area (Å²) < 4.78 is 26.0. The molecular formula is C12H14F2O2. The molecule has 0 saturated carbocycles. The minimum Gasteiger partial charge on any atom is -0.385 e. The summed E-state index contributed by atoms with van der Waals surface area (Å²) in [5.41, 5.74) is -0.0137. The molecule has 1 aromatic carbocycles. The molecule has 88 valence electrons. The smallest absolute Gasteiger partial charge is 0.165 e. The van der Waals surface area contributed by atoms with E-state index in [-0.39, 0.29) is 12.0 Å². The third-order valence-electron chi connectivity index (χ3n) is 2.33. The number of benzene rings is 1. The van der Waals surface area contributed by atoms with Gasteiger partial charge in [0.15, 0.2) is 17.4 Å². The van der Waals surface area contributed by atoms with Gasteiger partial charge in [0.2, 0.25) is 0 Å². The summed E-state index contributed by atoms with van der Waals surface area (Å²) in [5.74, 6) is -2.47. The van der Waals surface area contributed by atoms with Crippen molar-refractivity contribution in [1.29, 1.82) is 0 Å². The number of carbonyl (C=O) groups is 1. The normalized spacial score (nSPS) is 12.5. The molecule has 0 bridgehead atoms. The number of hydrogen-bond donors (Lipinski definition) is 1. The van der Waals surface area contributed by atoms with Gasteiger partial charge in [-0.15, -0.1) is 0 Å². The molecule has 16 heavy (non-hydrogen) atoms. The second kappa shape index (κ2) is 5.70. The summed E-state index contributed by atoms with van der Waals surface area (Å²) in [6.45, 7) is 1.83. The quantitative estimate of drug-likeness (QED) is 0.839. The predicted octanol–water partition coefficient (Wildman–Crippen LogP) is 2.24. The molecule has 0 fully saturated rings. The van der Waals surface area contributed by atoms with Crippen LogP contribution in [-0.4, -0.2) is 17.0 Å². The highest BCUT2D eigenvalue weighted by molar-refractivity contribution is 5.84. The predicted molar refractivity (Wildman–Crippen MR) is 56.0 cm³/mol. The molecule has 4 heteroatoms. The fourth-order valence-electron chi connectivity index (χ4n) is 1.42. The van der Waals surface area contributed by atoms with Crippen molar-refractivity contribution < 1.29 is 18.7 Å². The Labute approximate surface area is 92.9 Å². The molecule has 0 aliphatic rings. The Kier molecular flexibility index (Phi) is 4.55. The fourth-order valence-corrected chi connectivity index (χ4v) is 1.42. The summed E-state index contributed by atoms with van der Waals surface area (Å²) in [6, 6.07) is 3.67. The molecule has 0 aromatic heterocycles. The maximum atomic E-state index is 13.2. The second-order valence-electron chi connectivity index (χ2n) is 3.66. The Morgan fingerprint density at radius 2 is 2.12 bits per heavy atom. The SMILES string of the molecule is CCCC(O)C(=O)Cc1cccc(F)c1F. The monoisotopic (exact) mass is 228 g/mol. The molecule has 1 N–H and O–H groups in total. The number of aliphatic hydroxyl groups is 1. The fraction of sp³-hybridized carbons (Fsp3) is 0.417. The van der Waals surface area contributed by atoms with Gasteiger partial charge in [0.1, 0.15) is 6.10 Å². The number of ketones is 1. The van der Waals surface area contributed by atoms with Gasteiger partial charge >= 0.3 is 0 Å². The van der Waals surface area contributed by atoms with Crippen molar-refractivity contribution in [1.82, 2.24) is 0 Å². The Morgan fingerprint density at radius 1 is 1.44 bits per heavy atom. The lowest BCUT2D eigenvalue weighted by molar-refractivity contribution is -0.126. The van der Waals surface area contributed by atoms with Gasteiger partial charge in [-0.1, -0.05) is 25.5 Å². The average Bonchev–Trinajstić information content (AvgIpc) is 2.25. The van der Waals surface area contributed by atoms with Crippen LogP contribution in [-0.2, 0) is 11.2 Å². The zero-order chi connectivity index (χ0) is 12.1. The summed E-state index contributed by atoms with van der Waals surface area (Å²) in [6.07, 6.45) is -0.355. The highest BCUT2D eigenvalue weighted by Crippen LogP contribution is 2.13. The first-order valence-electron chi connectivity index (χ1n) is 5.20. The van der Waals surface area contributed by atoms with Crippen molar-refractivity contribution in [2.75, 3.05) is 0 Å². The van der Waals surface area contributed by atoms with E-state index in [4.69, 9.17) is 0 Å². The van der Waals surface area contributed by atoms with E-state index < -0.39 is 23.5 Å². The van der Waals surface area contributed by atoms with Gasteiger partial charge in [0, 0.05) is 6.42 Å². The number of hydrogen-bond acceptors (Lipinski definition) is 2. The molecule has 0 aliphatic heterocycles. The first-order chi connectivity index (χ1) is 7.56. The van der Waals surface area contributed by atoms with Gasteiger partial charge in [0.05, 0.1) is 0 Å². The molecule has 0 spiro atoms. The second-order valence-corrected chi connectivity index (χ2v) is 3.66. The summed E-state index contributed by atoms with van der Waals surface area (Å²) >= 11 is 0. The third-order valence-corrected chi connectivity index (χ3v) is 2.33. The number of carbonyl (C=O) groups excluding carboxylic acids is 1. The lowest BCUT2D eigenvalue weighted by atomic mass is 10.0. The molecule has 1 atom stereocenters. The molecule has 0 heterocycles. The third kappa shape index (κ3) is 3.10. The summed E-state index contributed by atoms with van der Waals surface area (Å²) in [5, 5.41) is 9.37. The Hall–Kier alpha value is -1.29. The number of Topliss-reactive ketones (excluding diaryl/α,β-unsaturated/α-hetero) is 1. The average molecular weight is 228 g/mol. The van der Waals surface area contributed by atoms with E-state index in [1.54, 1.807) is 0 Å². The molecular weight excluding hydrogens is 214 g/mol. The Bertz CT molecular complexity index is 377. The lowest BCUT2D eigenvalue weighted by Crippen LogP contribution is -2.22. The molecule has 1 rings (SSSR count). The zero-order valence-electron chi connectivity index (χ0n) is 9.04. The van der Waals surface area contributed by atoms with E-state index in [1.807, 2.05) is 6.92 Å². The van der Waals surface area contributed by atoms with E-state index >= 15 is 0 Å². The standard InChI is InChI=1S/C12H14F2O2/c1-2-4-10(15)11(16)7-8-5-3-6-9(13)12(8)14/h3,5-6,10,15H,2,4,7H2,1H3. The van der Waals surface area contributed by atoms with E-state index in [1.165, 1.54) is 12.1 Å². The van der Waals surface area contributed by atoms with E-state index in [9.17, 15) is 18.7 Å². The Balaban J connectivity index is 2.73. The van der Waals surface area contributed by atoms with Crippen LogP contribution in [0.15, 0.2) is 18.2 Å². The van der Waals surface area contributed by atoms with E-state index in [2.05, 4.69) is 0 Å². The van der Waals surface area contributed by atoms with Crippen LogP contribution in [0.1, 0.15) is 25.3 Å². The molecule has 1 aromatic rings.